The number of amidine groups is 1. The van der Waals surface area contributed by atoms with Crippen LogP contribution in [0.5, 0.6) is 11.5 Å². The van der Waals surface area contributed by atoms with E-state index in [-0.39, 0.29) is 5.84 Å². The quantitative estimate of drug-likeness (QED) is 0.391. The minimum absolute atomic E-state index is 0.0475. The maximum Gasteiger partial charge on any atom is 0.173 e. The van der Waals surface area contributed by atoms with Crippen LogP contribution in [0.2, 0.25) is 10.0 Å². The van der Waals surface area contributed by atoms with E-state index in [9.17, 15) is 0 Å². The second kappa shape index (κ2) is 5.82. The SMILES string of the molecule is N/C(=N\O)c1ccccc1Oc1cc(Cl)ccc1Cl. The van der Waals surface area contributed by atoms with Gasteiger partial charge in [-0.3, -0.25) is 0 Å². The molecule has 0 heterocycles. The van der Waals surface area contributed by atoms with Crippen LogP contribution >= 0.6 is 23.2 Å². The van der Waals surface area contributed by atoms with Crippen molar-refractivity contribution in [3.8, 4) is 11.5 Å². The van der Waals surface area contributed by atoms with Crippen molar-refractivity contribution in [3.05, 3.63) is 58.1 Å². The predicted molar refractivity (Wildman–Crippen MR) is 75.5 cm³/mol. The third-order valence-electron chi connectivity index (χ3n) is 2.38. The molecular weight excluding hydrogens is 287 g/mol. The predicted octanol–water partition coefficient (Wildman–Crippen LogP) is 3.88. The number of benzene rings is 2. The molecule has 0 amide bonds. The van der Waals surface area contributed by atoms with Crippen LogP contribution in [-0.2, 0) is 0 Å². The average Bonchev–Trinajstić information content (AvgIpc) is 2.42. The molecule has 2 aromatic rings. The van der Waals surface area contributed by atoms with Gasteiger partial charge in [-0.25, -0.2) is 0 Å². The Morgan fingerprint density at radius 3 is 2.58 bits per heavy atom. The maximum atomic E-state index is 8.74. The van der Waals surface area contributed by atoms with Crippen molar-refractivity contribution in [2.45, 2.75) is 0 Å². The Balaban J connectivity index is 2.41. The van der Waals surface area contributed by atoms with Crippen LogP contribution in [0, 0.1) is 0 Å². The highest BCUT2D eigenvalue weighted by Crippen LogP contribution is 2.33. The van der Waals surface area contributed by atoms with E-state index in [1.807, 2.05) is 0 Å². The van der Waals surface area contributed by atoms with Crippen molar-refractivity contribution in [2.24, 2.45) is 10.9 Å². The highest BCUT2D eigenvalue weighted by atomic mass is 35.5. The monoisotopic (exact) mass is 296 g/mol. The smallest absolute Gasteiger partial charge is 0.173 e. The zero-order valence-corrected chi connectivity index (χ0v) is 11.2. The lowest BCUT2D eigenvalue weighted by molar-refractivity contribution is 0.318. The van der Waals surface area contributed by atoms with Gasteiger partial charge < -0.3 is 15.7 Å². The fourth-order valence-corrected chi connectivity index (χ4v) is 1.81. The van der Waals surface area contributed by atoms with Crippen LogP contribution in [-0.4, -0.2) is 11.0 Å². The lowest BCUT2D eigenvalue weighted by Gasteiger charge is -2.11. The Labute approximate surface area is 120 Å². The van der Waals surface area contributed by atoms with Crippen molar-refractivity contribution in [2.75, 3.05) is 0 Å². The lowest BCUT2D eigenvalue weighted by Crippen LogP contribution is -2.14. The fourth-order valence-electron chi connectivity index (χ4n) is 1.49. The van der Waals surface area contributed by atoms with Gasteiger partial charge in [0.05, 0.1) is 10.6 Å². The molecule has 0 aromatic heterocycles. The molecule has 0 aliphatic heterocycles. The third-order valence-corrected chi connectivity index (χ3v) is 2.93. The topological polar surface area (TPSA) is 67.8 Å². The largest absolute Gasteiger partial charge is 0.455 e. The molecule has 19 heavy (non-hydrogen) atoms. The summed E-state index contributed by atoms with van der Waals surface area (Å²) in [5.41, 5.74) is 6.04. The number of ether oxygens (including phenoxy) is 1. The number of nitrogens with zero attached hydrogens (tertiary/aromatic N) is 1. The Hall–Kier alpha value is -1.91. The van der Waals surface area contributed by atoms with E-state index in [0.717, 1.165) is 0 Å². The van der Waals surface area contributed by atoms with E-state index in [0.29, 0.717) is 27.1 Å². The van der Waals surface area contributed by atoms with Gasteiger partial charge in [-0.1, -0.05) is 40.5 Å². The summed E-state index contributed by atoms with van der Waals surface area (Å²) in [6.07, 6.45) is 0. The molecule has 0 saturated carbocycles. The summed E-state index contributed by atoms with van der Waals surface area (Å²) in [6, 6.07) is 11.7. The summed E-state index contributed by atoms with van der Waals surface area (Å²) in [6.45, 7) is 0. The Morgan fingerprint density at radius 2 is 1.84 bits per heavy atom. The first-order valence-corrected chi connectivity index (χ1v) is 6.07. The van der Waals surface area contributed by atoms with Crippen molar-refractivity contribution in [3.63, 3.8) is 0 Å². The summed E-state index contributed by atoms with van der Waals surface area (Å²) in [5, 5.41) is 12.6. The zero-order valence-electron chi connectivity index (χ0n) is 9.68. The van der Waals surface area contributed by atoms with Gasteiger partial charge in [-0.05, 0) is 24.3 Å². The zero-order chi connectivity index (χ0) is 13.8. The summed E-state index contributed by atoms with van der Waals surface area (Å²) in [7, 11) is 0. The van der Waals surface area contributed by atoms with Crippen LogP contribution in [0.3, 0.4) is 0 Å². The molecule has 0 saturated heterocycles. The van der Waals surface area contributed by atoms with Crippen LogP contribution in [0.4, 0.5) is 0 Å². The summed E-state index contributed by atoms with van der Waals surface area (Å²) < 4.78 is 5.66. The van der Waals surface area contributed by atoms with Crippen LogP contribution in [0.25, 0.3) is 0 Å². The van der Waals surface area contributed by atoms with Gasteiger partial charge in [0.15, 0.2) is 5.84 Å². The first kappa shape index (κ1) is 13.5. The molecule has 0 aliphatic carbocycles. The van der Waals surface area contributed by atoms with Crippen molar-refractivity contribution >= 4 is 29.0 Å². The van der Waals surface area contributed by atoms with E-state index >= 15 is 0 Å². The minimum Gasteiger partial charge on any atom is -0.455 e. The molecule has 0 atom stereocenters. The Morgan fingerprint density at radius 1 is 1.11 bits per heavy atom. The van der Waals surface area contributed by atoms with Crippen LogP contribution in [0.15, 0.2) is 47.6 Å². The number of nitrogens with two attached hydrogens (primary N) is 1. The van der Waals surface area contributed by atoms with Crippen molar-refractivity contribution in [1.82, 2.24) is 0 Å². The number of halogens is 2. The maximum absolute atomic E-state index is 8.74. The number of oxime groups is 1. The van der Waals surface area contributed by atoms with E-state index in [2.05, 4.69) is 5.16 Å². The Bertz CT molecular complexity index is 630. The second-order valence-electron chi connectivity index (χ2n) is 3.66. The minimum atomic E-state index is -0.0475. The number of hydrogen-bond acceptors (Lipinski definition) is 3. The fraction of sp³-hybridized carbons (Fsp3) is 0. The lowest BCUT2D eigenvalue weighted by atomic mass is 10.2. The third kappa shape index (κ3) is 3.10. The summed E-state index contributed by atoms with van der Waals surface area (Å²) in [5.74, 6) is 0.767. The number of rotatable bonds is 3. The molecule has 4 nitrogen and oxygen atoms in total. The first-order valence-electron chi connectivity index (χ1n) is 5.31. The van der Waals surface area contributed by atoms with Gasteiger partial charge in [0.2, 0.25) is 0 Å². The normalized spacial score (nSPS) is 11.4. The molecule has 0 fully saturated rings. The van der Waals surface area contributed by atoms with Gasteiger partial charge in [-0.2, -0.15) is 0 Å². The van der Waals surface area contributed by atoms with Gasteiger partial charge in [0.1, 0.15) is 11.5 Å². The molecule has 2 rings (SSSR count). The molecule has 6 heteroatoms. The molecule has 0 unspecified atom stereocenters. The van der Waals surface area contributed by atoms with Crippen molar-refractivity contribution in [1.29, 1.82) is 0 Å². The van der Waals surface area contributed by atoms with Crippen molar-refractivity contribution < 1.29 is 9.94 Å². The van der Waals surface area contributed by atoms with E-state index in [4.69, 9.17) is 38.9 Å². The van der Waals surface area contributed by atoms with Crippen LogP contribution < -0.4 is 10.5 Å². The highest BCUT2D eigenvalue weighted by molar-refractivity contribution is 6.34. The molecule has 0 bridgehead atoms. The van der Waals surface area contributed by atoms with E-state index in [1.165, 1.54) is 0 Å². The van der Waals surface area contributed by atoms with Gasteiger partial charge in [0, 0.05) is 11.1 Å². The standard InChI is InChI=1S/C13H10Cl2N2O2/c14-8-5-6-10(15)12(7-8)19-11-4-2-1-3-9(11)13(16)17-18/h1-7,18H,(H2,16,17). The summed E-state index contributed by atoms with van der Waals surface area (Å²) in [4.78, 5) is 0. The summed E-state index contributed by atoms with van der Waals surface area (Å²) >= 11 is 11.9. The van der Waals surface area contributed by atoms with Crippen LogP contribution in [0.1, 0.15) is 5.56 Å². The molecular formula is C13H10Cl2N2O2. The second-order valence-corrected chi connectivity index (χ2v) is 4.50. The molecule has 0 radical (unpaired) electrons. The molecule has 0 aliphatic rings. The van der Waals surface area contributed by atoms with E-state index < -0.39 is 0 Å². The number of hydrogen-bond donors (Lipinski definition) is 2. The first-order chi connectivity index (χ1) is 9.11. The Kier molecular flexibility index (Phi) is 4.14. The van der Waals surface area contributed by atoms with Gasteiger partial charge >= 0.3 is 0 Å². The molecule has 98 valence electrons. The number of para-hydroxylation sites is 1. The average molecular weight is 297 g/mol. The molecule has 3 N–H and O–H groups in total. The van der Waals surface area contributed by atoms with E-state index in [1.54, 1.807) is 42.5 Å². The molecule has 2 aromatic carbocycles. The van der Waals surface area contributed by atoms with Gasteiger partial charge in [0.25, 0.3) is 0 Å². The highest BCUT2D eigenvalue weighted by Gasteiger charge is 2.10. The van der Waals surface area contributed by atoms with Gasteiger partial charge in [-0.15, -0.1) is 0 Å². The molecule has 0 spiro atoms.